The summed E-state index contributed by atoms with van der Waals surface area (Å²) >= 11 is 15.1. The Labute approximate surface area is 686 Å². The Bertz CT molecular complexity index is 4050. The third-order valence-corrected chi connectivity index (χ3v) is 32.5. The van der Waals surface area contributed by atoms with Crippen molar-refractivity contribution in [2.24, 2.45) is 11.8 Å². The molecule has 2 unspecified atom stereocenters. The first-order chi connectivity index (χ1) is 52.9. The van der Waals surface area contributed by atoms with E-state index in [1.165, 1.54) is 306 Å². The molecule has 2 amide bonds. The molecule has 0 fully saturated rings. The van der Waals surface area contributed by atoms with Gasteiger partial charge in [-0.25, -0.2) is 9.97 Å². The van der Waals surface area contributed by atoms with Crippen molar-refractivity contribution in [3.63, 3.8) is 0 Å². The van der Waals surface area contributed by atoms with Crippen LogP contribution in [-0.2, 0) is 35.3 Å². The molecule has 2 atom stereocenters. The molecule has 2 aliphatic rings. The molecule has 108 heavy (non-hydrogen) atoms. The number of aromatic nitrogens is 2. The Morgan fingerprint density at radius 2 is 0.630 bits per heavy atom. The van der Waals surface area contributed by atoms with Crippen LogP contribution in [-0.4, -0.2) is 44.7 Å². The summed E-state index contributed by atoms with van der Waals surface area (Å²) < 4.78 is 0. The Kier molecular flexibility index (Phi) is 37.0. The first-order valence-electron chi connectivity index (χ1n) is 43.6. The second-order valence-corrected chi connectivity index (χ2v) is 40.6. The first kappa shape index (κ1) is 86.3. The summed E-state index contributed by atoms with van der Waals surface area (Å²) in [7, 11) is 0. The van der Waals surface area contributed by atoms with Crippen molar-refractivity contribution in [1.29, 1.82) is 0 Å². The topological polar surface area (TPSA) is 66.4 Å². The molecule has 6 nitrogen and oxygen atoms in total. The van der Waals surface area contributed by atoms with E-state index in [0.29, 0.717) is 36.1 Å². The molecule has 0 aromatic carbocycles. The molecule has 8 aromatic heterocycles. The van der Waals surface area contributed by atoms with Gasteiger partial charge in [-0.2, -0.15) is 0 Å². The van der Waals surface area contributed by atoms with Gasteiger partial charge in [0.2, 0.25) is 0 Å². The van der Waals surface area contributed by atoms with E-state index in [-0.39, 0.29) is 11.8 Å². The van der Waals surface area contributed by atoms with Crippen molar-refractivity contribution in [2.75, 3.05) is 13.1 Å². The second-order valence-electron chi connectivity index (χ2n) is 31.8. The largest absolute Gasteiger partial charge is 0.306 e. The van der Waals surface area contributed by atoms with Gasteiger partial charge in [0.15, 0.2) is 0 Å². The molecule has 10 heterocycles. The van der Waals surface area contributed by atoms with Gasteiger partial charge in [0, 0.05) is 69.4 Å². The minimum atomic E-state index is 0.0398. The van der Waals surface area contributed by atoms with Crippen molar-refractivity contribution >= 4 is 114 Å². The van der Waals surface area contributed by atoms with E-state index in [4.69, 9.17) is 9.97 Å². The van der Waals surface area contributed by atoms with Crippen LogP contribution in [0.2, 0.25) is 0 Å². The fourth-order valence-electron chi connectivity index (χ4n) is 16.4. The maximum atomic E-state index is 16.6. The van der Waals surface area contributed by atoms with Crippen LogP contribution >= 0.6 is 90.7 Å². The number of thiophene rings is 6. The van der Waals surface area contributed by atoms with Crippen molar-refractivity contribution in [1.82, 2.24) is 19.8 Å². The summed E-state index contributed by atoms with van der Waals surface area (Å²) in [4.78, 5) is 65.7. The summed E-state index contributed by atoms with van der Waals surface area (Å²) in [6, 6.07) is 19.2. The fraction of sp³-hybridized carbons (Fsp3) is 0.617. The number of thiazole rings is 2. The lowest BCUT2D eigenvalue weighted by atomic mass is 9.93. The van der Waals surface area contributed by atoms with Gasteiger partial charge in [0.1, 0.15) is 10.0 Å². The van der Waals surface area contributed by atoms with Crippen LogP contribution in [0.5, 0.6) is 0 Å². The van der Waals surface area contributed by atoms with Crippen LogP contribution in [0.4, 0.5) is 0 Å². The molecule has 0 radical (unpaired) electrons. The van der Waals surface area contributed by atoms with Gasteiger partial charge in [-0.05, 0) is 174 Å². The highest BCUT2D eigenvalue weighted by atomic mass is 32.1. The summed E-state index contributed by atoms with van der Waals surface area (Å²) in [6.07, 6.45) is 57.5. The van der Waals surface area contributed by atoms with Crippen LogP contribution < -0.4 is 0 Å². The zero-order valence-corrected chi connectivity index (χ0v) is 74.9. The Balaban J connectivity index is 1.06. The van der Waals surface area contributed by atoms with Gasteiger partial charge in [-0.1, -0.05) is 261 Å². The zero-order valence-electron chi connectivity index (χ0n) is 68.3. The van der Waals surface area contributed by atoms with Crippen LogP contribution in [0.15, 0.2) is 72.1 Å². The van der Waals surface area contributed by atoms with Gasteiger partial charge in [0.25, 0.3) is 11.8 Å². The smallest absolute Gasteiger partial charge is 0.261 e. The third kappa shape index (κ3) is 24.0. The molecule has 0 bridgehead atoms. The van der Waals surface area contributed by atoms with Crippen LogP contribution in [0.3, 0.4) is 0 Å². The molecule has 590 valence electrons. The molecular formula is C94H134N4O2S8. The van der Waals surface area contributed by atoms with Gasteiger partial charge in [-0.15, -0.1) is 90.7 Å². The number of hydrogen-bond donors (Lipinski definition) is 0. The highest BCUT2D eigenvalue weighted by molar-refractivity contribution is 7.30. The number of fused-ring (bicyclic) bond motifs is 1. The Morgan fingerprint density at radius 1 is 0.306 bits per heavy atom. The average molecular weight is 1610 g/mol. The minimum Gasteiger partial charge on any atom is -0.306 e. The second kappa shape index (κ2) is 46.3. The number of rotatable bonds is 56. The van der Waals surface area contributed by atoms with E-state index < -0.39 is 0 Å². The molecule has 0 N–H and O–H groups in total. The lowest BCUT2D eigenvalue weighted by molar-refractivity contribution is -0.124. The van der Waals surface area contributed by atoms with Gasteiger partial charge in [0.05, 0.1) is 46.9 Å². The number of unbranched alkanes of at least 4 members (excludes halogenated alkanes) is 28. The highest BCUT2D eigenvalue weighted by Crippen LogP contribution is 2.54. The van der Waals surface area contributed by atoms with Gasteiger partial charge >= 0.3 is 0 Å². The van der Waals surface area contributed by atoms with Crippen molar-refractivity contribution in [3.05, 3.63) is 114 Å². The number of amides is 2. The van der Waals surface area contributed by atoms with E-state index >= 15 is 9.59 Å². The van der Waals surface area contributed by atoms with E-state index in [1.54, 1.807) is 11.3 Å². The SMILES string of the molecule is CCCCCCCCC(CCCCCC)CN1C(=O)C2=C(c3ccc(-c4cc(CCCCCC)c(-c5cnc(-c6cc(CCCCCC)c(-c7sc(-c8ncc(C)s8)cc7CCCCCC)s6)s5)s4)s3)N(CC(CCCCCC)CCCCCCCC)C(=O)C2=C1c1ccc(-c2cc(CCCCCC)c(C)s2)s1. The summed E-state index contributed by atoms with van der Waals surface area (Å²) in [6.45, 7) is 24.3. The first-order valence-corrected chi connectivity index (χ1v) is 50.2. The molecule has 14 heteroatoms. The number of hydrogen-bond acceptors (Lipinski definition) is 12. The average Bonchev–Trinajstić information content (AvgIpc) is 1.55. The van der Waals surface area contributed by atoms with E-state index in [0.717, 1.165) is 89.0 Å². The monoisotopic (exact) mass is 1610 g/mol. The van der Waals surface area contributed by atoms with E-state index in [1.807, 2.05) is 85.6 Å². The van der Waals surface area contributed by atoms with E-state index in [9.17, 15) is 0 Å². The van der Waals surface area contributed by atoms with Crippen molar-refractivity contribution < 1.29 is 9.59 Å². The summed E-state index contributed by atoms with van der Waals surface area (Å²) in [5, 5.41) is 2.26. The predicted molar refractivity (Wildman–Crippen MR) is 483 cm³/mol. The summed E-state index contributed by atoms with van der Waals surface area (Å²) in [5.74, 6) is 0.775. The quantitative estimate of drug-likeness (QED) is 0.0356. The van der Waals surface area contributed by atoms with Gasteiger partial charge < -0.3 is 9.80 Å². The summed E-state index contributed by atoms with van der Waals surface area (Å²) in [5.41, 5.74) is 8.92. The molecule has 8 aromatic rings. The number of nitrogens with zero attached hydrogens (tertiary/aromatic N) is 4. The lowest BCUT2D eigenvalue weighted by Gasteiger charge is -2.29. The maximum Gasteiger partial charge on any atom is 0.261 e. The minimum absolute atomic E-state index is 0.0398. The fourth-order valence-corrected chi connectivity index (χ4v) is 25.5. The molecular weight excluding hydrogens is 1470 g/mol. The maximum absolute atomic E-state index is 16.6. The van der Waals surface area contributed by atoms with E-state index in [2.05, 4.69) is 134 Å². The Hall–Kier alpha value is -4.12. The molecule has 0 saturated heterocycles. The molecule has 2 aliphatic heterocycles. The Morgan fingerprint density at radius 3 is 1.05 bits per heavy atom. The van der Waals surface area contributed by atoms with Gasteiger partial charge in [-0.3, -0.25) is 9.59 Å². The van der Waals surface area contributed by atoms with Crippen LogP contribution in [0.1, 0.15) is 354 Å². The lowest BCUT2D eigenvalue weighted by Crippen LogP contribution is -2.34. The van der Waals surface area contributed by atoms with Crippen molar-refractivity contribution in [2.45, 2.75) is 352 Å². The molecule has 0 spiro atoms. The number of carbonyl (C=O) groups excluding carboxylic acids is 2. The standard InChI is InChI=1S/C94H134N4O2S8/c1-11-19-27-35-37-41-49-69(47-39-29-21-13-3)65-97-86(77-57-55-75(103-77)79-59-71(68(10)102-79)51-43-31-23-15-5)84-85(94(97)100)87(98(93(84)99)66-70(48-40-30-22-14-4)50-42-38-36-28-20-12-2)78-58-56-76(104-78)80-60-72(52-44-32-24-16-6)88(105-80)83-64-96-92(108-83)82-62-74(54-46-34-26-18-8)90(107-82)89-73(53-45-33-25-17-7)61-81(106-89)91-95-63-67(9)101-91/h55-64,69-70H,11-54,65-66H2,1-10H3. The predicted octanol–water partition coefficient (Wildman–Crippen LogP) is 32.6. The highest BCUT2D eigenvalue weighted by Gasteiger charge is 2.50. The molecule has 0 aliphatic carbocycles. The number of carbonyl (C=O) groups is 2. The van der Waals surface area contributed by atoms with Crippen LogP contribution in [0, 0.1) is 25.7 Å². The van der Waals surface area contributed by atoms with Crippen LogP contribution in [0.25, 0.3) is 70.2 Å². The number of aryl methyl sites for hydroxylation is 6. The van der Waals surface area contributed by atoms with Crippen molar-refractivity contribution in [3.8, 4) is 58.8 Å². The molecule has 0 saturated carbocycles. The molecule has 10 rings (SSSR count). The third-order valence-electron chi connectivity index (χ3n) is 22.7. The normalized spacial score (nSPS) is 13.9. The zero-order chi connectivity index (χ0) is 76.0.